The van der Waals surface area contributed by atoms with E-state index in [4.69, 9.17) is 21.1 Å². The monoisotopic (exact) mass is 534 g/mol. The number of carbonyl (C=O) groups is 2. The predicted molar refractivity (Wildman–Crippen MR) is 131 cm³/mol. The van der Waals surface area contributed by atoms with Crippen LogP contribution in [0.1, 0.15) is 36.0 Å². The van der Waals surface area contributed by atoms with Gasteiger partial charge >= 0.3 is 0 Å². The van der Waals surface area contributed by atoms with E-state index < -0.39 is 5.60 Å². The first kappa shape index (κ1) is 24.0. The molecule has 176 valence electrons. The zero-order valence-electron chi connectivity index (χ0n) is 18.5. The number of carbonyl (C=O) groups excluding carboxylic acids is 2. The highest BCUT2D eigenvalue weighted by atomic mass is 79.9. The Bertz CT molecular complexity index is 998. The SMILES string of the molecule is O=C(C[C@@]1(COc2cccc(Cl)c2)CN(C(=O)c2ccccc2Br)CCO1)N1CCCCC1. The summed E-state index contributed by atoms with van der Waals surface area (Å²) in [5, 5.41) is 0.571. The molecule has 4 rings (SSSR count). The molecule has 0 spiro atoms. The molecule has 0 unspecified atom stereocenters. The van der Waals surface area contributed by atoms with Crippen molar-refractivity contribution in [2.24, 2.45) is 0 Å². The van der Waals surface area contributed by atoms with Gasteiger partial charge in [0.15, 0.2) is 0 Å². The maximum atomic E-state index is 13.3. The first-order valence-electron chi connectivity index (χ1n) is 11.3. The van der Waals surface area contributed by atoms with Crippen molar-refractivity contribution >= 4 is 39.3 Å². The summed E-state index contributed by atoms with van der Waals surface area (Å²) >= 11 is 9.58. The number of benzene rings is 2. The van der Waals surface area contributed by atoms with Crippen LogP contribution in [0.25, 0.3) is 0 Å². The number of piperidine rings is 1. The summed E-state index contributed by atoms with van der Waals surface area (Å²) in [5.41, 5.74) is -0.349. The lowest BCUT2D eigenvalue weighted by Gasteiger charge is -2.43. The van der Waals surface area contributed by atoms with E-state index in [0.717, 1.165) is 36.8 Å². The van der Waals surface area contributed by atoms with E-state index >= 15 is 0 Å². The minimum absolute atomic E-state index is 0.0413. The number of ether oxygens (including phenoxy) is 2. The number of nitrogens with zero attached hydrogens (tertiary/aromatic N) is 2. The van der Waals surface area contributed by atoms with E-state index in [9.17, 15) is 9.59 Å². The van der Waals surface area contributed by atoms with Crippen molar-refractivity contribution in [3.05, 3.63) is 63.6 Å². The zero-order chi connectivity index (χ0) is 23.3. The average Bonchev–Trinajstić information content (AvgIpc) is 2.83. The van der Waals surface area contributed by atoms with Crippen LogP contribution in [0.4, 0.5) is 0 Å². The van der Waals surface area contributed by atoms with Crippen molar-refractivity contribution in [3.63, 3.8) is 0 Å². The smallest absolute Gasteiger partial charge is 0.255 e. The van der Waals surface area contributed by atoms with Gasteiger partial charge in [0, 0.05) is 29.1 Å². The van der Waals surface area contributed by atoms with Crippen LogP contribution in [0.2, 0.25) is 5.02 Å². The van der Waals surface area contributed by atoms with Gasteiger partial charge in [0.05, 0.1) is 25.1 Å². The molecule has 8 heteroatoms. The second-order valence-corrected chi connectivity index (χ2v) is 9.89. The number of likely N-dealkylation sites (tertiary alicyclic amines) is 1. The van der Waals surface area contributed by atoms with Crippen LogP contribution in [0.3, 0.4) is 0 Å². The molecule has 0 saturated carbocycles. The molecule has 0 radical (unpaired) electrons. The quantitative estimate of drug-likeness (QED) is 0.533. The zero-order valence-corrected chi connectivity index (χ0v) is 20.8. The number of rotatable bonds is 6. The highest BCUT2D eigenvalue weighted by Crippen LogP contribution is 2.29. The molecule has 2 aliphatic rings. The molecule has 2 saturated heterocycles. The number of hydrogen-bond acceptors (Lipinski definition) is 4. The Labute approximate surface area is 207 Å². The molecular formula is C25H28BrClN2O4. The normalized spacial score (nSPS) is 21.0. The fraction of sp³-hybridized carbons (Fsp3) is 0.440. The molecule has 0 N–H and O–H groups in total. The van der Waals surface area contributed by atoms with E-state index in [2.05, 4.69) is 15.9 Å². The van der Waals surface area contributed by atoms with E-state index in [-0.39, 0.29) is 31.4 Å². The summed E-state index contributed by atoms with van der Waals surface area (Å²) in [4.78, 5) is 30.2. The predicted octanol–water partition coefficient (Wildman–Crippen LogP) is 4.80. The summed E-state index contributed by atoms with van der Waals surface area (Å²) in [6.45, 7) is 2.74. The minimum atomic E-state index is -0.938. The van der Waals surface area contributed by atoms with E-state index in [1.54, 1.807) is 23.1 Å². The lowest BCUT2D eigenvalue weighted by atomic mass is 9.95. The lowest BCUT2D eigenvalue weighted by Crippen LogP contribution is -2.58. The van der Waals surface area contributed by atoms with Crippen LogP contribution in [0.5, 0.6) is 5.75 Å². The molecule has 0 aromatic heterocycles. The van der Waals surface area contributed by atoms with Crippen LogP contribution in [-0.4, -0.2) is 66.6 Å². The van der Waals surface area contributed by atoms with Gasteiger partial charge < -0.3 is 19.3 Å². The molecule has 6 nitrogen and oxygen atoms in total. The van der Waals surface area contributed by atoms with Crippen LogP contribution in [0, 0.1) is 0 Å². The van der Waals surface area contributed by atoms with Crippen molar-refractivity contribution < 1.29 is 19.1 Å². The molecule has 2 aliphatic heterocycles. The molecule has 2 heterocycles. The maximum absolute atomic E-state index is 13.3. The standard InChI is InChI=1S/C25H28BrClN2O4/c26-22-10-3-2-9-21(22)24(31)29-13-14-33-25(17-29,16-23(30)28-11-4-1-5-12-28)18-32-20-8-6-7-19(27)15-20/h2-3,6-10,15H,1,4-5,11-14,16-18H2/t25-/m0/s1. The van der Waals surface area contributed by atoms with Crippen molar-refractivity contribution in [2.45, 2.75) is 31.3 Å². The highest BCUT2D eigenvalue weighted by molar-refractivity contribution is 9.10. The molecule has 1 atom stereocenters. The fourth-order valence-electron chi connectivity index (χ4n) is 4.37. The van der Waals surface area contributed by atoms with E-state index in [0.29, 0.717) is 29.5 Å². The third-order valence-electron chi connectivity index (χ3n) is 6.12. The van der Waals surface area contributed by atoms with Crippen molar-refractivity contribution in [2.75, 3.05) is 39.4 Å². The van der Waals surface area contributed by atoms with Gasteiger partial charge in [-0.1, -0.05) is 29.8 Å². The Hall–Kier alpha value is -2.09. The Morgan fingerprint density at radius 2 is 1.82 bits per heavy atom. The molecule has 33 heavy (non-hydrogen) atoms. The lowest BCUT2D eigenvalue weighted by molar-refractivity contribution is -0.153. The van der Waals surface area contributed by atoms with Crippen molar-refractivity contribution in [3.8, 4) is 5.75 Å². The molecule has 0 aliphatic carbocycles. The number of halogens is 2. The fourth-order valence-corrected chi connectivity index (χ4v) is 5.01. The van der Waals surface area contributed by atoms with Crippen molar-refractivity contribution in [1.29, 1.82) is 0 Å². The first-order valence-corrected chi connectivity index (χ1v) is 12.5. The third kappa shape index (κ3) is 6.08. The van der Waals surface area contributed by atoms with Gasteiger partial charge in [-0.15, -0.1) is 0 Å². The Morgan fingerprint density at radius 1 is 1.03 bits per heavy atom. The van der Waals surface area contributed by atoms with E-state index in [1.807, 2.05) is 35.2 Å². The van der Waals surface area contributed by atoms with E-state index in [1.165, 1.54) is 0 Å². The summed E-state index contributed by atoms with van der Waals surface area (Å²) in [7, 11) is 0. The Balaban J connectivity index is 1.54. The second-order valence-electron chi connectivity index (χ2n) is 8.60. The summed E-state index contributed by atoms with van der Waals surface area (Å²) < 4.78 is 13.0. The minimum Gasteiger partial charge on any atom is -0.490 e. The molecular weight excluding hydrogens is 508 g/mol. The van der Waals surface area contributed by atoms with Gasteiger partial charge in [-0.05, 0) is 65.5 Å². The summed E-state index contributed by atoms with van der Waals surface area (Å²) in [6.07, 6.45) is 3.35. The molecule has 2 fully saturated rings. The van der Waals surface area contributed by atoms with Gasteiger partial charge in [-0.25, -0.2) is 0 Å². The average molecular weight is 536 g/mol. The van der Waals surface area contributed by atoms with Crippen LogP contribution >= 0.6 is 27.5 Å². The third-order valence-corrected chi connectivity index (χ3v) is 7.05. The van der Waals surface area contributed by atoms with Crippen molar-refractivity contribution in [1.82, 2.24) is 9.80 Å². The van der Waals surface area contributed by atoms with Gasteiger partial charge in [0.1, 0.15) is 18.0 Å². The second kappa shape index (κ2) is 10.9. The van der Waals surface area contributed by atoms with Crippen LogP contribution in [0.15, 0.2) is 53.0 Å². The number of amides is 2. The largest absolute Gasteiger partial charge is 0.490 e. The number of morpholine rings is 1. The Kier molecular flexibility index (Phi) is 7.94. The topological polar surface area (TPSA) is 59.1 Å². The maximum Gasteiger partial charge on any atom is 0.255 e. The molecule has 2 aromatic rings. The number of hydrogen-bond donors (Lipinski definition) is 0. The van der Waals surface area contributed by atoms with Gasteiger partial charge in [0.25, 0.3) is 5.91 Å². The van der Waals surface area contributed by atoms with Crippen LogP contribution in [-0.2, 0) is 9.53 Å². The molecule has 2 amide bonds. The molecule has 0 bridgehead atoms. The molecule has 2 aromatic carbocycles. The van der Waals surface area contributed by atoms with Gasteiger partial charge in [0.2, 0.25) is 5.91 Å². The summed E-state index contributed by atoms with van der Waals surface area (Å²) in [6, 6.07) is 14.5. The Morgan fingerprint density at radius 3 is 2.58 bits per heavy atom. The first-order chi connectivity index (χ1) is 16.0. The highest BCUT2D eigenvalue weighted by Gasteiger charge is 2.42. The van der Waals surface area contributed by atoms with Crippen LogP contribution < -0.4 is 4.74 Å². The van der Waals surface area contributed by atoms with Gasteiger partial charge in [-0.3, -0.25) is 9.59 Å². The van der Waals surface area contributed by atoms with Gasteiger partial charge in [-0.2, -0.15) is 0 Å². The summed E-state index contributed by atoms with van der Waals surface area (Å²) in [5.74, 6) is 0.549.